The molecule has 2 aliphatic rings. The Kier molecular flexibility index (Phi) is 10.3. The van der Waals surface area contributed by atoms with Crippen LogP contribution in [0, 0.1) is 11.8 Å². The number of carbonyl (C=O) groups is 2. The first-order valence-electron chi connectivity index (χ1n) is 14.0. The smallest absolute Gasteiger partial charge is 0.412 e. The monoisotopic (exact) mass is 581 g/mol. The van der Waals surface area contributed by atoms with Crippen molar-refractivity contribution in [1.82, 2.24) is 20.7 Å². The van der Waals surface area contributed by atoms with Crippen molar-refractivity contribution in [2.75, 3.05) is 20.2 Å². The fourth-order valence-electron chi connectivity index (χ4n) is 4.68. The molecule has 2 unspecified atom stereocenters. The van der Waals surface area contributed by atoms with Crippen LogP contribution in [0.25, 0.3) is 11.1 Å². The number of hydrogen-bond acceptors (Lipinski definition) is 7. The van der Waals surface area contributed by atoms with E-state index in [1.165, 1.54) is 11.8 Å². The zero-order chi connectivity index (χ0) is 30.9. The number of ether oxygens (including phenoxy) is 1. The maximum atomic E-state index is 13.9. The number of amidine groups is 1. The van der Waals surface area contributed by atoms with E-state index in [0.717, 1.165) is 28.7 Å². The molecule has 11 nitrogen and oxygen atoms in total. The van der Waals surface area contributed by atoms with Crippen molar-refractivity contribution in [2.24, 2.45) is 15.2 Å². The second-order valence-corrected chi connectivity index (χ2v) is 10.2. The molecule has 0 aliphatic heterocycles. The summed E-state index contributed by atoms with van der Waals surface area (Å²) >= 11 is 0. The Morgan fingerprint density at radius 3 is 2.30 bits per heavy atom. The minimum absolute atomic E-state index is 0.0102. The van der Waals surface area contributed by atoms with Crippen LogP contribution in [0.5, 0.6) is 0 Å². The molecule has 2 aromatic carbocycles. The number of nitrogens with one attached hydrogen (secondary N) is 3. The number of azo groups is 1. The summed E-state index contributed by atoms with van der Waals surface area (Å²) in [5.41, 5.74) is 10.7. The maximum absolute atomic E-state index is 13.9. The molecule has 0 spiro atoms. The van der Waals surface area contributed by atoms with E-state index in [1.54, 1.807) is 36.9 Å². The minimum Gasteiger partial charge on any atom is -0.448 e. The lowest BCUT2D eigenvalue weighted by atomic mass is 9.98. The topological polar surface area (TPSA) is 135 Å². The maximum Gasteiger partial charge on any atom is 0.412 e. The van der Waals surface area contributed by atoms with Gasteiger partial charge in [-0.3, -0.25) is 25.5 Å². The van der Waals surface area contributed by atoms with Crippen LogP contribution in [-0.4, -0.2) is 66.5 Å². The Balaban J connectivity index is 1.61. The number of hydrogen-bond donors (Lipinski definition) is 3. The zero-order valence-electron chi connectivity index (χ0n) is 24.7. The van der Waals surface area contributed by atoms with Crippen LogP contribution < -0.4 is 10.9 Å². The summed E-state index contributed by atoms with van der Waals surface area (Å²) < 4.78 is 5.97. The molecule has 2 atom stereocenters. The van der Waals surface area contributed by atoms with Crippen LogP contribution in [0.2, 0.25) is 0 Å². The highest BCUT2D eigenvalue weighted by Gasteiger charge is 2.33. The molecule has 43 heavy (non-hydrogen) atoms. The van der Waals surface area contributed by atoms with Gasteiger partial charge in [0.25, 0.3) is 5.91 Å². The number of rotatable bonds is 14. The van der Waals surface area contributed by atoms with Crippen LogP contribution >= 0.6 is 0 Å². The van der Waals surface area contributed by atoms with E-state index < -0.39 is 12.4 Å². The molecular formula is C32H37N8O3. The van der Waals surface area contributed by atoms with Gasteiger partial charge in [-0.1, -0.05) is 74.2 Å². The number of hydrazine groups is 1. The van der Waals surface area contributed by atoms with Crippen molar-refractivity contribution in [3.05, 3.63) is 103 Å². The highest BCUT2D eigenvalue weighted by Crippen LogP contribution is 2.44. The predicted octanol–water partition coefficient (Wildman–Crippen LogP) is 5.17. The second kappa shape index (κ2) is 14.3. The van der Waals surface area contributed by atoms with Crippen LogP contribution in [0.15, 0.2) is 100 Å². The van der Waals surface area contributed by atoms with Crippen LogP contribution in [0.4, 0.5) is 4.79 Å². The number of nitrogens with zero attached hydrogens (tertiary/aromatic N) is 5. The normalized spacial score (nSPS) is 14.8. The number of benzene rings is 2. The minimum atomic E-state index is -0.960. The van der Waals surface area contributed by atoms with E-state index in [9.17, 15) is 9.59 Å². The van der Waals surface area contributed by atoms with Crippen molar-refractivity contribution < 1.29 is 14.3 Å². The molecule has 11 heteroatoms. The summed E-state index contributed by atoms with van der Waals surface area (Å²) in [6.45, 7) is 11.2. The largest absolute Gasteiger partial charge is 0.448 e. The summed E-state index contributed by atoms with van der Waals surface area (Å²) in [5, 5.41) is 15.3. The Morgan fingerprint density at radius 1 is 1.12 bits per heavy atom. The fourth-order valence-corrected chi connectivity index (χ4v) is 4.68. The molecule has 2 aromatic rings. The first-order valence-corrected chi connectivity index (χ1v) is 14.0. The summed E-state index contributed by atoms with van der Waals surface area (Å²) in [5.74, 6) is -0.510. The lowest BCUT2D eigenvalue weighted by Gasteiger charge is -2.36. The van der Waals surface area contributed by atoms with Gasteiger partial charge in [0.15, 0.2) is 6.29 Å². The van der Waals surface area contributed by atoms with Crippen molar-refractivity contribution in [2.45, 2.75) is 38.5 Å². The first-order chi connectivity index (χ1) is 20.7. The SMILES string of the molecule is C=CC(CC)N=CN(C)C(NNC(=O)C1=C[CH]1)N(CC(=C)N=NC(C)=N)C(=O)OCC1c2ccccc2-c2ccccc21. The molecule has 0 fully saturated rings. The Hall–Kier alpha value is -4.90. The average Bonchev–Trinajstić information content (AvgIpc) is 3.82. The van der Waals surface area contributed by atoms with Gasteiger partial charge in [-0.2, -0.15) is 10.5 Å². The van der Waals surface area contributed by atoms with Crippen LogP contribution in [0.1, 0.15) is 37.3 Å². The first kappa shape index (κ1) is 31.0. The van der Waals surface area contributed by atoms with E-state index in [2.05, 4.69) is 51.4 Å². The van der Waals surface area contributed by atoms with Gasteiger partial charge in [-0.05, 0) is 35.6 Å². The Morgan fingerprint density at radius 2 is 1.74 bits per heavy atom. The van der Waals surface area contributed by atoms with Crippen molar-refractivity contribution in [1.29, 1.82) is 5.41 Å². The zero-order valence-corrected chi connectivity index (χ0v) is 24.7. The van der Waals surface area contributed by atoms with E-state index in [1.807, 2.05) is 43.3 Å². The molecule has 0 bridgehead atoms. The molecule has 3 N–H and O–H groups in total. The number of aliphatic imine (C=N–C) groups is 1. The molecule has 0 aromatic heterocycles. The third kappa shape index (κ3) is 7.89. The summed E-state index contributed by atoms with van der Waals surface area (Å²) in [4.78, 5) is 33.8. The number of fused-ring (bicyclic) bond motifs is 3. The molecule has 0 saturated carbocycles. The number of allylic oxidation sites excluding steroid dienone is 1. The third-order valence-electron chi connectivity index (χ3n) is 6.99. The lowest BCUT2D eigenvalue weighted by Crippen LogP contribution is -2.62. The van der Waals surface area contributed by atoms with E-state index in [0.29, 0.717) is 5.57 Å². The molecule has 0 saturated heterocycles. The molecular weight excluding hydrogens is 544 g/mol. The van der Waals surface area contributed by atoms with Crippen LogP contribution in [-0.2, 0) is 9.53 Å². The van der Waals surface area contributed by atoms with Gasteiger partial charge >= 0.3 is 6.09 Å². The van der Waals surface area contributed by atoms with Crippen molar-refractivity contribution in [3.63, 3.8) is 0 Å². The molecule has 1 radical (unpaired) electrons. The second-order valence-electron chi connectivity index (χ2n) is 10.2. The van der Waals surface area contributed by atoms with E-state index >= 15 is 0 Å². The van der Waals surface area contributed by atoms with Crippen molar-refractivity contribution in [3.8, 4) is 11.1 Å². The Bertz CT molecular complexity index is 1430. The van der Waals surface area contributed by atoms with Gasteiger partial charge in [0.2, 0.25) is 0 Å². The van der Waals surface area contributed by atoms with Gasteiger partial charge in [0.05, 0.1) is 24.6 Å². The predicted molar refractivity (Wildman–Crippen MR) is 167 cm³/mol. The highest BCUT2D eigenvalue weighted by molar-refractivity contribution is 6.00. The van der Waals surface area contributed by atoms with E-state index in [-0.39, 0.29) is 42.6 Å². The average molecular weight is 582 g/mol. The van der Waals surface area contributed by atoms with Crippen molar-refractivity contribution >= 4 is 24.2 Å². The highest BCUT2D eigenvalue weighted by atomic mass is 16.6. The Labute approximate surface area is 252 Å². The van der Waals surface area contributed by atoms with Crippen LogP contribution in [0.3, 0.4) is 0 Å². The third-order valence-corrected chi connectivity index (χ3v) is 6.99. The molecule has 2 aliphatic carbocycles. The molecule has 223 valence electrons. The molecule has 0 heterocycles. The summed E-state index contributed by atoms with van der Waals surface area (Å²) in [6, 6.07) is 16.0. The number of carbonyl (C=O) groups excluding carboxylic acids is 2. The fraction of sp³-hybridized carbons (Fsp3) is 0.281. The molecule has 2 amide bonds. The van der Waals surface area contributed by atoms with Gasteiger partial charge in [-0.25, -0.2) is 4.79 Å². The van der Waals surface area contributed by atoms with E-state index in [4.69, 9.17) is 10.1 Å². The van der Waals surface area contributed by atoms with Gasteiger partial charge in [0, 0.05) is 25.0 Å². The standard InChI is InChI=1S/C32H37N8O3/c1-6-24(7-2)34-20-39(5)31(38-37-30(41)23-16-17-23)40(18-21(3)35-36-22(4)33)32(42)43-19-29-27-14-10-8-12-25(27)26-13-9-11-15-28(26)29/h6,8-17,20,24,29,31,33,38H,1,3,7,18-19H2,2,4-5H3,(H,37,41). The van der Waals surface area contributed by atoms with Gasteiger partial charge in [-0.15, -0.1) is 11.7 Å². The van der Waals surface area contributed by atoms with Gasteiger partial charge in [0.1, 0.15) is 12.4 Å². The van der Waals surface area contributed by atoms with Gasteiger partial charge < -0.3 is 9.64 Å². The quantitative estimate of drug-likeness (QED) is 0.0706. The number of amides is 2. The lowest BCUT2D eigenvalue weighted by molar-refractivity contribution is -0.119. The summed E-state index contributed by atoms with van der Waals surface area (Å²) in [6.07, 6.45) is 5.76. The molecule has 4 rings (SSSR count). The summed E-state index contributed by atoms with van der Waals surface area (Å²) in [7, 11) is 1.71.